The number of fused-ring (bicyclic) bond motifs is 1. The summed E-state index contributed by atoms with van der Waals surface area (Å²) in [6.07, 6.45) is 0. The first-order valence-corrected chi connectivity index (χ1v) is 5.29. The van der Waals surface area contributed by atoms with Crippen LogP contribution in [0.3, 0.4) is 0 Å². The van der Waals surface area contributed by atoms with Crippen LogP contribution in [0.25, 0.3) is 10.9 Å². The van der Waals surface area contributed by atoms with E-state index in [4.69, 9.17) is 10.5 Å². The van der Waals surface area contributed by atoms with Crippen molar-refractivity contribution in [2.75, 3.05) is 12.3 Å². The number of hydrogen-bond donors (Lipinski definition) is 2. The zero-order valence-corrected chi connectivity index (χ0v) is 9.63. The largest absolute Gasteiger partial charge is 0.462 e. The molecule has 3 N–H and O–H groups in total. The van der Waals surface area contributed by atoms with Gasteiger partial charge in [-0.25, -0.2) is 9.18 Å². The van der Waals surface area contributed by atoms with Crippen molar-refractivity contribution in [3.63, 3.8) is 0 Å². The van der Waals surface area contributed by atoms with Gasteiger partial charge in [0.05, 0.1) is 12.1 Å². The minimum Gasteiger partial charge on any atom is -0.462 e. The summed E-state index contributed by atoms with van der Waals surface area (Å²) in [5, 5.41) is 0.583. The number of carbonyl (C=O) groups is 1. The second-order valence-corrected chi connectivity index (χ2v) is 3.78. The Morgan fingerprint density at radius 2 is 2.24 bits per heavy atom. The highest BCUT2D eigenvalue weighted by molar-refractivity contribution is 6.09. The number of esters is 1. The molecule has 0 amide bonds. The molecule has 0 bridgehead atoms. The van der Waals surface area contributed by atoms with Gasteiger partial charge in [-0.3, -0.25) is 0 Å². The minimum absolute atomic E-state index is 0.198. The molecule has 0 aliphatic rings. The van der Waals surface area contributed by atoms with Crippen molar-refractivity contribution in [2.45, 2.75) is 13.8 Å². The third-order valence-corrected chi connectivity index (χ3v) is 2.59. The van der Waals surface area contributed by atoms with Gasteiger partial charge in [0.15, 0.2) is 0 Å². The fourth-order valence-electron chi connectivity index (χ4n) is 1.77. The van der Waals surface area contributed by atoms with Crippen LogP contribution < -0.4 is 5.73 Å². The van der Waals surface area contributed by atoms with Crippen molar-refractivity contribution < 1.29 is 13.9 Å². The number of nitrogens with one attached hydrogen (secondary N) is 1. The molecule has 90 valence electrons. The van der Waals surface area contributed by atoms with E-state index >= 15 is 0 Å². The van der Waals surface area contributed by atoms with Crippen molar-refractivity contribution in [1.82, 2.24) is 4.98 Å². The third-order valence-electron chi connectivity index (χ3n) is 2.59. The highest BCUT2D eigenvalue weighted by Gasteiger charge is 2.18. The van der Waals surface area contributed by atoms with Gasteiger partial charge in [-0.2, -0.15) is 0 Å². The number of H-pyrrole nitrogens is 1. The van der Waals surface area contributed by atoms with Crippen LogP contribution in [0.2, 0.25) is 0 Å². The van der Waals surface area contributed by atoms with Crippen LogP contribution in [0.5, 0.6) is 0 Å². The maximum atomic E-state index is 13.4. The third kappa shape index (κ3) is 1.84. The fourth-order valence-corrected chi connectivity index (χ4v) is 1.77. The van der Waals surface area contributed by atoms with Crippen molar-refractivity contribution in [3.8, 4) is 0 Å². The first-order valence-electron chi connectivity index (χ1n) is 5.29. The molecule has 0 saturated heterocycles. The summed E-state index contributed by atoms with van der Waals surface area (Å²) in [5.41, 5.74) is 6.93. The second kappa shape index (κ2) is 4.08. The number of hydrogen-bond acceptors (Lipinski definition) is 3. The number of anilines is 1. The zero-order valence-electron chi connectivity index (χ0n) is 9.63. The first kappa shape index (κ1) is 11.4. The number of ether oxygens (including phenoxy) is 1. The number of rotatable bonds is 2. The highest BCUT2D eigenvalue weighted by atomic mass is 19.1. The average molecular weight is 236 g/mol. The Morgan fingerprint density at radius 1 is 1.53 bits per heavy atom. The molecule has 5 heteroatoms. The van der Waals surface area contributed by atoms with Gasteiger partial charge in [-0.15, -0.1) is 0 Å². The Balaban J connectivity index is 2.66. The summed E-state index contributed by atoms with van der Waals surface area (Å²) in [7, 11) is 0. The molecule has 0 radical (unpaired) electrons. The van der Waals surface area contributed by atoms with Crippen LogP contribution >= 0.6 is 0 Å². The summed E-state index contributed by atoms with van der Waals surface area (Å²) in [6.45, 7) is 3.62. The summed E-state index contributed by atoms with van der Waals surface area (Å²) in [4.78, 5) is 14.5. The Labute approximate surface area is 97.6 Å². The number of aromatic nitrogens is 1. The van der Waals surface area contributed by atoms with Crippen molar-refractivity contribution in [2.24, 2.45) is 0 Å². The molecule has 1 aromatic carbocycles. The van der Waals surface area contributed by atoms with Gasteiger partial charge in [0, 0.05) is 5.39 Å². The molecule has 0 saturated carbocycles. The molecular formula is C12H13FN2O2. The summed E-state index contributed by atoms with van der Waals surface area (Å²) in [6, 6.07) is 2.91. The van der Waals surface area contributed by atoms with Crippen LogP contribution in [0.15, 0.2) is 12.1 Å². The van der Waals surface area contributed by atoms with E-state index in [1.165, 1.54) is 6.07 Å². The topological polar surface area (TPSA) is 68.1 Å². The molecule has 0 spiro atoms. The van der Waals surface area contributed by atoms with E-state index in [0.29, 0.717) is 16.5 Å². The van der Waals surface area contributed by atoms with Crippen LogP contribution in [0.4, 0.5) is 10.2 Å². The van der Waals surface area contributed by atoms with Gasteiger partial charge in [0.25, 0.3) is 0 Å². The highest BCUT2D eigenvalue weighted by Crippen LogP contribution is 2.27. The smallest absolute Gasteiger partial charge is 0.342 e. The lowest BCUT2D eigenvalue weighted by molar-refractivity contribution is 0.0530. The Kier molecular flexibility index (Phi) is 2.75. The maximum absolute atomic E-state index is 13.4. The van der Waals surface area contributed by atoms with E-state index < -0.39 is 5.97 Å². The standard InChI is InChI=1S/C12H13FN2O2/c1-3-17-12(16)10-7-4-6(2)8(13)5-9(7)15-11(10)14/h4-5,15H,3,14H2,1-2H3. The number of nitrogen functional groups attached to an aromatic ring is 1. The lowest BCUT2D eigenvalue weighted by atomic mass is 10.1. The Morgan fingerprint density at radius 3 is 2.88 bits per heavy atom. The molecule has 4 nitrogen and oxygen atoms in total. The quantitative estimate of drug-likeness (QED) is 0.786. The van der Waals surface area contributed by atoms with E-state index in [1.807, 2.05) is 0 Å². The summed E-state index contributed by atoms with van der Waals surface area (Å²) in [5.74, 6) is -0.639. The van der Waals surface area contributed by atoms with E-state index in [2.05, 4.69) is 4.98 Å². The van der Waals surface area contributed by atoms with Crippen LogP contribution in [0, 0.1) is 12.7 Å². The van der Waals surface area contributed by atoms with Gasteiger partial charge in [-0.1, -0.05) is 0 Å². The molecule has 2 aromatic rings. The lowest BCUT2D eigenvalue weighted by Gasteiger charge is -2.02. The van der Waals surface area contributed by atoms with Crippen LogP contribution in [-0.2, 0) is 4.74 Å². The maximum Gasteiger partial charge on any atom is 0.342 e. The summed E-state index contributed by atoms with van der Waals surface area (Å²) >= 11 is 0. The lowest BCUT2D eigenvalue weighted by Crippen LogP contribution is -2.06. The first-order chi connectivity index (χ1) is 8.04. The number of carbonyl (C=O) groups excluding carboxylic acids is 1. The summed E-state index contributed by atoms with van der Waals surface area (Å²) < 4.78 is 18.3. The van der Waals surface area contributed by atoms with Crippen molar-refractivity contribution in [1.29, 1.82) is 0 Å². The number of halogens is 1. The van der Waals surface area contributed by atoms with E-state index in [9.17, 15) is 9.18 Å². The predicted molar refractivity (Wildman–Crippen MR) is 63.4 cm³/mol. The number of nitrogens with two attached hydrogens (primary N) is 1. The Bertz CT molecular complexity index is 590. The van der Waals surface area contributed by atoms with Gasteiger partial charge in [0.1, 0.15) is 17.2 Å². The van der Waals surface area contributed by atoms with Gasteiger partial charge < -0.3 is 15.5 Å². The molecule has 0 aliphatic heterocycles. The predicted octanol–water partition coefficient (Wildman–Crippen LogP) is 2.37. The van der Waals surface area contributed by atoms with E-state index in [-0.39, 0.29) is 23.8 Å². The second-order valence-electron chi connectivity index (χ2n) is 3.78. The monoisotopic (exact) mass is 236 g/mol. The molecule has 2 rings (SSSR count). The molecule has 0 atom stereocenters. The van der Waals surface area contributed by atoms with Gasteiger partial charge in [0.2, 0.25) is 0 Å². The number of benzene rings is 1. The van der Waals surface area contributed by atoms with Crippen molar-refractivity contribution in [3.05, 3.63) is 29.1 Å². The normalized spacial score (nSPS) is 10.8. The van der Waals surface area contributed by atoms with Crippen molar-refractivity contribution >= 4 is 22.7 Å². The van der Waals surface area contributed by atoms with Crippen LogP contribution in [0.1, 0.15) is 22.8 Å². The molecule has 0 aliphatic carbocycles. The van der Waals surface area contributed by atoms with E-state index in [0.717, 1.165) is 0 Å². The average Bonchev–Trinajstić information content (AvgIpc) is 2.55. The SMILES string of the molecule is CCOC(=O)c1c(N)[nH]c2cc(F)c(C)cc12. The van der Waals surface area contributed by atoms with Crippen LogP contribution in [-0.4, -0.2) is 17.6 Å². The zero-order chi connectivity index (χ0) is 12.6. The molecule has 1 aromatic heterocycles. The number of aromatic amines is 1. The molecule has 17 heavy (non-hydrogen) atoms. The van der Waals surface area contributed by atoms with Gasteiger partial charge in [-0.05, 0) is 31.5 Å². The fraction of sp³-hybridized carbons (Fsp3) is 0.250. The molecular weight excluding hydrogens is 223 g/mol. The van der Waals surface area contributed by atoms with Gasteiger partial charge >= 0.3 is 5.97 Å². The minimum atomic E-state index is -0.498. The molecule has 0 fully saturated rings. The number of aryl methyl sites for hydroxylation is 1. The Hall–Kier alpha value is -2.04. The molecule has 1 heterocycles. The van der Waals surface area contributed by atoms with E-state index in [1.54, 1.807) is 19.9 Å². The molecule has 0 unspecified atom stereocenters.